The molecule has 0 fully saturated rings. The smallest absolute Gasteiger partial charge is 0.209 e. The van der Waals surface area contributed by atoms with Gasteiger partial charge in [-0.1, -0.05) is 11.8 Å². The van der Waals surface area contributed by atoms with Crippen LogP contribution in [0.15, 0.2) is 21.8 Å². The van der Waals surface area contributed by atoms with Crippen molar-refractivity contribution in [1.29, 1.82) is 0 Å². The van der Waals surface area contributed by atoms with Crippen molar-refractivity contribution >= 4 is 27.7 Å². The van der Waals surface area contributed by atoms with Crippen LogP contribution in [0.3, 0.4) is 0 Å². The zero-order valence-corrected chi connectivity index (χ0v) is 17.2. The van der Waals surface area contributed by atoms with Gasteiger partial charge in [0.1, 0.15) is 0 Å². The maximum Gasteiger partial charge on any atom is 0.209 e. The summed E-state index contributed by atoms with van der Waals surface area (Å²) in [7, 11) is 1.85. The second kappa shape index (κ2) is 10.6. The first-order valence-corrected chi connectivity index (χ1v) is 10.1. The van der Waals surface area contributed by atoms with Gasteiger partial charge in [-0.2, -0.15) is 0 Å². The fraction of sp³-hybridized carbons (Fsp3) is 0.562. The van der Waals surface area contributed by atoms with Gasteiger partial charge in [0, 0.05) is 19.3 Å². The quantitative estimate of drug-likeness (QED) is 0.434. The van der Waals surface area contributed by atoms with E-state index in [-0.39, 0.29) is 0 Å². The lowest BCUT2D eigenvalue weighted by atomic mass is 10.2. The second-order valence-corrected chi connectivity index (χ2v) is 7.15. The van der Waals surface area contributed by atoms with E-state index in [9.17, 15) is 0 Å². The van der Waals surface area contributed by atoms with Gasteiger partial charge in [0.25, 0.3) is 0 Å². The summed E-state index contributed by atoms with van der Waals surface area (Å²) in [4.78, 5) is 0. The van der Waals surface area contributed by atoms with E-state index in [0.29, 0.717) is 13.2 Å². The van der Waals surface area contributed by atoms with Crippen LogP contribution in [-0.4, -0.2) is 45.7 Å². The minimum Gasteiger partial charge on any atom is -0.490 e. The second-order valence-electron chi connectivity index (χ2n) is 5.23. The van der Waals surface area contributed by atoms with Crippen LogP contribution >= 0.6 is 27.7 Å². The predicted molar refractivity (Wildman–Crippen MR) is 102 cm³/mol. The molecule has 0 aliphatic carbocycles. The number of nitrogens with zero attached hydrogens (tertiary/aromatic N) is 4. The van der Waals surface area contributed by atoms with Crippen molar-refractivity contribution < 1.29 is 9.47 Å². The Kier molecular flexibility index (Phi) is 8.50. The normalized spacial score (nSPS) is 10.9. The summed E-state index contributed by atoms with van der Waals surface area (Å²) in [6.45, 7) is 6.85. The van der Waals surface area contributed by atoms with Crippen LogP contribution in [0.2, 0.25) is 0 Å². The molecule has 1 N–H and O–H groups in total. The van der Waals surface area contributed by atoms with Crippen molar-refractivity contribution in [2.24, 2.45) is 7.05 Å². The van der Waals surface area contributed by atoms with E-state index in [4.69, 9.17) is 9.47 Å². The molecule has 0 atom stereocenters. The van der Waals surface area contributed by atoms with Crippen LogP contribution in [0.1, 0.15) is 25.8 Å². The molecule has 0 saturated heterocycles. The molecule has 1 aromatic carbocycles. The van der Waals surface area contributed by atoms with Gasteiger partial charge in [-0.05, 0) is 70.9 Å². The molecule has 1 aromatic heterocycles. The summed E-state index contributed by atoms with van der Waals surface area (Å²) in [5.41, 5.74) is 1.16. The number of thioether (sulfide) groups is 1. The molecule has 1 heterocycles. The molecule has 0 amide bonds. The molecular formula is C16H24BrN5O2S. The van der Waals surface area contributed by atoms with Gasteiger partial charge >= 0.3 is 0 Å². The lowest BCUT2D eigenvalue weighted by Crippen LogP contribution is -2.15. The van der Waals surface area contributed by atoms with E-state index in [1.54, 1.807) is 16.4 Å². The van der Waals surface area contributed by atoms with Crippen LogP contribution in [0.25, 0.3) is 0 Å². The maximum absolute atomic E-state index is 5.70. The molecule has 9 heteroatoms. The fourth-order valence-corrected chi connectivity index (χ4v) is 3.60. The fourth-order valence-electron chi connectivity index (χ4n) is 2.21. The molecule has 0 saturated carbocycles. The Hall–Kier alpha value is -1.32. The summed E-state index contributed by atoms with van der Waals surface area (Å²) < 4.78 is 14.0. The van der Waals surface area contributed by atoms with Crippen molar-refractivity contribution in [3.63, 3.8) is 0 Å². The summed E-state index contributed by atoms with van der Waals surface area (Å²) in [5.74, 6) is 2.51. The van der Waals surface area contributed by atoms with Gasteiger partial charge in [0.15, 0.2) is 11.5 Å². The highest BCUT2D eigenvalue weighted by molar-refractivity contribution is 9.10. The molecule has 2 rings (SSSR count). The first kappa shape index (κ1) is 20.0. The third kappa shape index (κ3) is 6.16. The Balaban J connectivity index is 1.79. The molecule has 2 aromatic rings. The zero-order valence-electron chi connectivity index (χ0n) is 14.8. The molecule has 0 bridgehead atoms. The van der Waals surface area contributed by atoms with E-state index in [1.807, 2.05) is 27.0 Å². The monoisotopic (exact) mass is 429 g/mol. The number of tetrazole rings is 1. The van der Waals surface area contributed by atoms with Crippen molar-refractivity contribution in [3.8, 4) is 11.5 Å². The number of halogens is 1. The number of hydrogen-bond donors (Lipinski definition) is 1. The van der Waals surface area contributed by atoms with E-state index in [1.165, 1.54) is 0 Å². The largest absolute Gasteiger partial charge is 0.490 e. The maximum atomic E-state index is 5.70. The minimum absolute atomic E-state index is 0.606. The van der Waals surface area contributed by atoms with Crippen LogP contribution in [0.5, 0.6) is 11.5 Å². The first-order valence-electron chi connectivity index (χ1n) is 8.29. The Morgan fingerprint density at radius 3 is 2.72 bits per heavy atom. The molecule has 0 aliphatic rings. The number of aryl methyl sites for hydroxylation is 1. The predicted octanol–water partition coefficient (Wildman–Crippen LogP) is 3.04. The van der Waals surface area contributed by atoms with Crippen LogP contribution in [0, 0.1) is 0 Å². The number of hydrogen-bond acceptors (Lipinski definition) is 7. The third-order valence-corrected chi connectivity index (χ3v) is 4.98. The summed E-state index contributed by atoms with van der Waals surface area (Å²) in [6.07, 6.45) is 1.04. The molecule has 0 radical (unpaired) electrons. The van der Waals surface area contributed by atoms with Gasteiger partial charge in [0.2, 0.25) is 5.16 Å². The summed E-state index contributed by atoms with van der Waals surface area (Å²) in [6, 6.07) is 4.10. The molecule has 138 valence electrons. The highest BCUT2D eigenvalue weighted by Crippen LogP contribution is 2.36. The number of benzene rings is 1. The first-order chi connectivity index (χ1) is 12.2. The van der Waals surface area contributed by atoms with E-state index < -0.39 is 0 Å². The standard InChI is InChI=1S/C16H24BrN5O2S/c1-4-23-14-10-12(9-13(17)15(14)24-5-2)11-18-7-6-8-25-16-19-20-21-22(16)3/h9-10,18H,4-8,11H2,1-3H3. The van der Waals surface area contributed by atoms with Crippen LogP contribution in [0.4, 0.5) is 0 Å². The van der Waals surface area contributed by atoms with Gasteiger partial charge in [0.05, 0.1) is 17.7 Å². The summed E-state index contributed by atoms with van der Waals surface area (Å²) >= 11 is 5.24. The van der Waals surface area contributed by atoms with Crippen LogP contribution in [-0.2, 0) is 13.6 Å². The van der Waals surface area contributed by atoms with Crippen molar-refractivity contribution in [2.45, 2.75) is 32.0 Å². The van der Waals surface area contributed by atoms with E-state index >= 15 is 0 Å². The Bertz CT molecular complexity index is 668. The number of aromatic nitrogens is 4. The molecular weight excluding hydrogens is 406 g/mol. The lowest BCUT2D eigenvalue weighted by Gasteiger charge is -2.15. The molecule has 0 unspecified atom stereocenters. The highest BCUT2D eigenvalue weighted by atomic mass is 79.9. The Morgan fingerprint density at radius 1 is 1.24 bits per heavy atom. The number of ether oxygens (including phenoxy) is 2. The van der Waals surface area contributed by atoms with E-state index in [0.717, 1.165) is 52.0 Å². The average Bonchev–Trinajstić information content (AvgIpc) is 2.99. The van der Waals surface area contributed by atoms with E-state index in [2.05, 4.69) is 42.8 Å². The molecule has 25 heavy (non-hydrogen) atoms. The summed E-state index contributed by atoms with van der Waals surface area (Å²) in [5, 5.41) is 15.7. The third-order valence-electron chi connectivity index (χ3n) is 3.30. The van der Waals surface area contributed by atoms with Crippen molar-refractivity contribution in [3.05, 3.63) is 22.2 Å². The lowest BCUT2D eigenvalue weighted by molar-refractivity contribution is 0.286. The molecule has 0 spiro atoms. The minimum atomic E-state index is 0.606. The highest BCUT2D eigenvalue weighted by Gasteiger charge is 2.11. The van der Waals surface area contributed by atoms with Gasteiger partial charge in [-0.15, -0.1) is 5.10 Å². The molecule has 7 nitrogen and oxygen atoms in total. The topological polar surface area (TPSA) is 74.1 Å². The van der Waals surface area contributed by atoms with Crippen molar-refractivity contribution in [2.75, 3.05) is 25.5 Å². The SMILES string of the molecule is CCOc1cc(CNCCCSc2nnnn2C)cc(Br)c1OCC. The molecule has 0 aliphatic heterocycles. The van der Waals surface area contributed by atoms with Gasteiger partial charge < -0.3 is 14.8 Å². The Morgan fingerprint density at radius 2 is 2.04 bits per heavy atom. The zero-order chi connectivity index (χ0) is 18.1. The average molecular weight is 430 g/mol. The van der Waals surface area contributed by atoms with Crippen LogP contribution < -0.4 is 14.8 Å². The number of nitrogens with one attached hydrogen (secondary N) is 1. The van der Waals surface area contributed by atoms with Gasteiger partial charge in [-0.25, -0.2) is 4.68 Å². The van der Waals surface area contributed by atoms with Gasteiger partial charge in [-0.3, -0.25) is 0 Å². The Labute approximate surface area is 161 Å². The number of rotatable bonds is 11. The van der Waals surface area contributed by atoms with Crippen molar-refractivity contribution in [1.82, 2.24) is 25.5 Å².